The molecule has 0 fully saturated rings. The Labute approximate surface area is 153 Å². The van der Waals surface area contributed by atoms with Crippen LogP contribution in [0.15, 0.2) is 48.5 Å². The first-order valence-corrected chi connectivity index (χ1v) is 8.48. The number of hydrogen-bond donors (Lipinski definition) is 2. The van der Waals surface area contributed by atoms with Crippen molar-refractivity contribution in [1.29, 1.82) is 0 Å². The van der Waals surface area contributed by atoms with Gasteiger partial charge in [-0.05, 0) is 63.1 Å². The van der Waals surface area contributed by atoms with Crippen LogP contribution in [0.4, 0.5) is 23.1 Å². The highest BCUT2D eigenvalue weighted by Gasteiger charge is 2.06. The third-order valence-corrected chi connectivity index (χ3v) is 3.87. The predicted octanol–water partition coefficient (Wildman–Crippen LogP) is 5.09. The molecule has 0 bridgehead atoms. The van der Waals surface area contributed by atoms with Crippen molar-refractivity contribution in [3.63, 3.8) is 0 Å². The number of nitrogens with one attached hydrogen (secondary N) is 2. The van der Waals surface area contributed by atoms with Gasteiger partial charge in [-0.3, -0.25) is 4.79 Å². The van der Waals surface area contributed by atoms with Crippen molar-refractivity contribution in [3.05, 3.63) is 70.9 Å². The van der Waals surface area contributed by atoms with Gasteiger partial charge in [0.2, 0.25) is 5.95 Å². The number of Topliss-reactive ketones (excluding diaryl/α,β-unsaturated/α-hetero) is 1. The fourth-order valence-electron chi connectivity index (χ4n) is 2.83. The third kappa shape index (κ3) is 4.45. The van der Waals surface area contributed by atoms with E-state index in [1.54, 1.807) is 13.0 Å². The molecular weight excluding hydrogens is 324 g/mol. The van der Waals surface area contributed by atoms with E-state index in [0.29, 0.717) is 17.3 Å². The Morgan fingerprint density at radius 3 is 2.27 bits per heavy atom. The summed E-state index contributed by atoms with van der Waals surface area (Å²) in [6.45, 7) is 7.60. The van der Waals surface area contributed by atoms with Crippen molar-refractivity contribution in [2.24, 2.45) is 0 Å². The second kappa shape index (κ2) is 7.35. The topological polar surface area (TPSA) is 66.9 Å². The van der Waals surface area contributed by atoms with Gasteiger partial charge in [-0.15, -0.1) is 0 Å². The van der Waals surface area contributed by atoms with Gasteiger partial charge in [-0.1, -0.05) is 18.2 Å². The SMILES string of the molecule is CC(=O)c1cccc(Nc2cc(C)nc(Nc3cc(C)cc(C)c3)n2)c1. The summed E-state index contributed by atoms with van der Waals surface area (Å²) in [7, 11) is 0. The first-order chi connectivity index (χ1) is 12.4. The van der Waals surface area contributed by atoms with Crippen LogP contribution in [0.25, 0.3) is 0 Å². The van der Waals surface area contributed by atoms with Crippen LogP contribution < -0.4 is 10.6 Å². The monoisotopic (exact) mass is 346 g/mol. The molecule has 132 valence electrons. The standard InChI is InChI=1S/C21H22N4O/c1-13-8-14(2)10-19(9-13)24-21-22-15(3)11-20(25-21)23-18-7-5-6-17(12-18)16(4)26/h5-12H,1-4H3,(H2,22,23,24,25). The summed E-state index contributed by atoms with van der Waals surface area (Å²) < 4.78 is 0. The van der Waals surface area contributed by atoms with Gasteiger partial charge < -0.3 is 10.6 Å². The van der Waals surface area contributed by atoms with Crippen molar-refractivity contribution >= 4 is 28.9 Å². The molecule has 0 unspecified atom stereocenters. The molecule has 0 aliphatic rings. The van der Waals surface area contributed by atoms with Crippen LogP contribution in [0, 0.1) is 20.8 Å². The van der Waals surface area contributed by atoms with Gasteiger partial charge in [-0.25, -0.2) is 4.98 Å². The third-order valence-electron chi connectivity index (χ3n) is 3.87. The minimum atomic E-state index is 0.0321. The Morgan fingerprint density at radius 1 is 0.846 bits per heavy atom. The number of aryl methyl sites for hydroxylation is 3. The van der Waals surface area contributed by atoms with Crippen LogP contribution in [0.5, 0.6) is 0 Å². The summed E-state index contributed by atoms with van der Waals surface area (Å²) in [5.41, 5.74) is 5.64. The maximum Gasteiger partial charge on any atom is 0.229 e. The molecule has 0 saturated carbocycles. The summed E-state index contributed by atoms with van der Waals surface area (Å²) in [5, 5.41) is 6.51. The highest BCUT2D eigenvalue weighted by Crippen LogP contribution is 2.21. The summed E-state index contributed by atoms with van der Waals surface area (Å²) in [6, 6.07) is 15.5. The number of ketones is 1. The molecule has 26 heavy (non-hydrogen) atoms. The van der Waals surface area contributed by atoms with Crippen molar-refractivity contribution in [2.45, 2.75) is 27.7 Å². The average molecular weight is 346 g/mol. The molecule has 5 nitrogen and oxygen atoms in total. The van der Waals surface area contributed by atoms with Crippen LogP contribution in [-0.2, 0) is 0 Å². The summed E-state index contributed by atoms with van der Waals surface area (Å²) in [4.78, 5) is 20.6. The number of hydrogen-bond acceptors (Lipinski definition) is 5. The summed E-state index contributed by atoms with van der Waals surface area (Å²) in [5.74, 6) is 1.23. The fraction of sp³-hybridized carbons (Fsp3) is 0.190. The predicted molar refractivity (Wildman–Crippen MR) is 106 cm³/mol. The zero-order valence-electron chi connectivity index (χ0n) is 15.4. The number of aromatic nitrogens is 2. The number of carbonyl (C=O) groups is 1. The van der Waals surface area contributed by atoms with Crippen molar-refractivity contribution < 1.29 is 4.79 Å². The van der Waals surface area contributed by atoms with E-state index in [1.165, 1.54) is 11.1 Å². The normalized spacial score (nSPS) is 10.5. The van der Waals surface area contributed by atoms with Crippen molar-refractivity contribution in [3.8, 4) is 0 Å². The molecule has 5 heteroatoms. The van der Waals surface area contributed by atoms with Crippen molar-refractivity contribution in [1.82, 2.24) is 9.97 Å². The molecule has 3 rings (SSSR count). The van der Waals surface area contributed by atoms with E-state index < -0.39 is 0 Å². The van der Waals surface area contributed by atoms with Crippen LogP contribution in [0.3, 0.4) is 0 Å². The Hall–Kier alpha value is -3.21. The molecular formula is C21H22N4O. The largest absolute Gasteiger partial charge is 0.340 e. The summed E-state index contributed by atoms with van der Waals surface area (Å²) in [6.07, 6.45) is 0. The van der Waals surface area contributed by atoms with Gasteiger partial charge in [0, 0.05) is 28.7 Å². The van der Waals surface area contributed by atoms with Gasteiger partial charge in [0.15, 0.2) is 5.78 Å². The lowest BCUT2D eigenvalue weighted by molar-refractivity contribution is 0.101. The summed E-state index contributed by atoms with van der Waals surface area (Å²) >= 11 is 0. The van der Waals surface area contributed by atoms with Crippen molar-refractivity contribution in [2.75, 3.05) is 10.6 Å². The number of nitrogens with zero attached hydrogens (tertiary/aromatic N) is 2. The zero-order valence-corrected chi connectivity index (χ0v) is 15.4. The Kier molecular flexibility index (Phi) is 4.98. The fourth-order valence-corrected chi connectivity index (χ4v) is 2.83. The van der Waals surface area contributed by atoms with Crippen LogP contribution in [0.1, 0.15) is 34.1 Å². The van der Waals surface area contributed by atoms with E-state index in [2.05, 4.69) is 52.6 Å². The van der Waals surface area contributed by atoms with Crippen LogP contribution in [-0.4, -0.2) is 15.8 Å². The lowest BCUT2D eigenvalue weighted by Gasteiger charge is -2.11. The molecule has 1 heterocycles. The molecule has 2 N–H and O–H groups in total. The highest BCUT2D eigenvalue weighted by molar-refractivity contribution is 5.95. The first kappa shape index (κ1) is 17.6. The van der Waals surface area contributed by atoms with Gasteiger partial charge in [0.05, 0.1) is 0 Å². The zero-order chi connectivity index (χ0) is 18.7. The second-order valence-electron chi connectivity index (χ2n) is 6.48. The molecule has 0 spiro atoms. The minimum Gasteiger partial charge on any atom is -0.340 e. The number of carbonyl (C=O) groups excluding carboxylic acids is 1. The number of rotatable bonds is 5. The van der Waals surface area contributed by atoms with E-state index in [9.17, 15) is 4.79 Å². The molecule has 0 amide bonds. The molecule has 2 aromatic carbocycles. The first-order valence-electron chi connectivity index (χ1n) is 8.48. The van der Waals surface area contributed by atoms with E-state index in [-0.39, 0.29) is 5.78 Å². The minimum absolute atomic E-state index is 0.0321. The molecule has 0 radical (unpaired) electrons. The number of benzene rings is 2. The Balaban J connectivity index is 1.85. The van der Waals surface area contributed by atoms with E-state index in [4.69, 9.17) is 0 Å². The lowest BCUT2D eigenvalue weighted by atomic mass is 10.1. The van der Waals surface area contributed by atoms with Gasteiger partial charge in [0.25, 0.3) is 0 Å². The Morgan fingerprint density at radius 2 is 1.58 bits per heavy atom. The molecule has 3 aromatic rings. The van der Waals surface area contributed by atoms with E-state index in [0.717, 1.165) is 17.1 Å². The lowest BCUT2D eigenvalue weighted by Crippen LogP contribution is -2.03. The average Bonchev–Trinajstić information content (AvgIpc) is 2.53. The molecule has 0 aliphatic carbocycles. The maximum atomic E-state index is 11.6. The second-order valence-corrected chi connectivity index (χ2v) is 6.48. The van der Waals surface area contributed by atoms with Gasteiger partial charge in [-0.2, -0.15) is 4.98 Å². The smallest absolute Gasteiger partial charge is 0.229 e. The van der Waals surface area contributed by atoms with E-state index >= 15 is 0 Å². The Bertz CT molecular complexity index is 946. The maximum absolute atomic E-state index is 11.6. The molecule has 0 saturated heterocycles. The number of anilines is 4. The van der Waals surface area contributed by atoms with E-state index in [1.807, 2.05) is 31.2 Å². The molecule has 0 aliphatic heterocycles. The molecule has 0 atom stereocenters. The van der Waals surface area contributed by atoms with Gasteiger partial charge >= 0.3 is 0 Å². The van der Waals surface area contributed by atoms with Gasteiger partial charge in [0.1, 0.15) is 5.82 Å². The van der Waals surface area contributed by atoms with Crippen LogP contribution >= 0.6 is 0 Å². The highest BCUT2D eigenvalue weighted by atomic mass is 16.1. The quantitative estimate of drug-likeness (QED) is 0.630. The van der Waals surface area contributed by atoms with Crippen LogP contribution in [0.2, 0.25) is 0 Å². The molecule has 1 aromatic heterocycles.